The van der Waals surface area contributed by atoms with Gasteiger partial charge in [0.15, 0.2) is 0 Å². The van der Waals surface area contributed by atoms with Crippen molar-refractivity contribution in [2.24, 2.45) is 0 Å². The van der Waals surface area contributed by atoms with Gasteiger partial charge < -0.3 is 30.0 Å². The number of aliphatic hydroxyl groups excluding tert-OH is 1. The number of ether oxygens (including phenoxy) is 3. The van der Waals surface area contributed by atoms with E-state index in [0.29, 0.717) is 69.4 Å². The van der Waals surface area contributed by atoms with Gasteiger partial charge in [-0.15, -0.1) is 0 Å². The van der Waals surface area contributed by atoms with Crippen molar-refractivity contribution < 1.29 is 36.2 Å². The molecule has 4 N–H and O–H groups in total. The second kappa shape index (κ2) is 11.8. The van der Waals surface area contributed by atoms with E-state index in [1.165, 1.54) is 29.7 Å². The second-order valence-corrected chi connectivity index (χ2v) is 14.0. The first kappa shape index (κ1) is 29.0. The molecule has 1 aromatic carbocycles. The van der Waals surface area contributed by atoms with Gasteiger partial charge in [-0.2, -0.15) is 4.31 Å². The molecule has 40 heavy (non-hydrogen) atoms. The summed E-state index contributed by atoms with van der Waals surface area (Å²) in [6.07, 6.45) is 2.37. The standard InChI is InChI=1S/C25H35N5O8S2/c1-26-39(32,33)21-4-2-3-20(11-21)37-17-19(31)14-28-18-13-25(38-16-18)5-8-30(9-6-25)40(34,35)22-12-23-24(29-15-22)36-10-7-27-23/h2-4,11-12,15,18-19,26-28,31H,5-10,13-14,16-17H2,1H3/t18?,19-/m0/s1. The van der Waals surface area contributed by atoms with Crippen LogP contribution in [0.1, 0.15) is 19.3 Å². The van der Waals surface area contributed by atoms with Crippen molar-refractivity contribution in [1.29, 1.82) is 0 Å². The van der Waals surface area contributed by atoms with E-state index in [-0.39, 0.29) is 29.0 Å². The molecule has 2 fully saturated rings. The van der Waals surface area contributed by atoms with Gasteiger partial charge in [0, 0.05) is 38.3 Å². The van der Waals surface area contributed by atoms with Gasteiger partial charge >= 0.3 is 0 Å². The number of pyridine rings is 1. The Morgan fingerprint density at radius 2 is 2.02 bits per heavy atom. The Labute approximate surface area is 234 Å². The average molecular weight is 598 g/mol. The molecule has 220 valence electrons. The molecule has 2 saturated heterocycles. The van der Waals surface area contributed by atoms with Gasteiger partial charge in [0.2, 0.25) is 25.9 Å². The van der Waals surface area contributed by atoms with Crippen molar-refractivity contribution in [3.63, 3.8) is 0 Å². The summed E-state index contributed by atoms with van der Waals surface area (Å²) < 4.78 is 71.4. The van der Waals surface area contributed by atoms with Crippen LogP contribution in [0.3, 0.4) is 0 Å². The van der Waals surface area contributed by atoms with E-state index in [1.807, 2.05) is 0 Å². The number of nitrogens with one attached hydrogen (secondary N) is 3. The minimum absolute atomic E-state index is 0.0119. The van der Waals surface area contributed by atoms with Gasteiger partial charge in [-0.1, -0.05) is 6.07 Å². The molecule has 3 aliphatic rings. The maximum absolute atomic E-state index is 13.3. The zero-order valence-corrected chi connectivity index (χ0v) is 23.8. The van der Waals surface area contributed by atoms with Crippen molar-refractivity contribution in [1.82, 2.24) is 19.3 Å². The van der Waals surface area contributed by atoms with E-state index >= 15 is 0 Å². The number of nitrogens with zero attached hydrogens (tertiary/aromatic N) is 2. The highest BCUT2D eigenvalue weighted by molar-refractivity contribution is 7.89. The number of aliphatic hydroxyl groups is 1. The molecule has 2 aromatic rings. The van der Waals surface area contributed by atoms with Gasteiger partial charge in [-0.3, -0.25) is 0 Å². The van der Waals surface area contributed by atoms with Crippen LogP contribution in [0.4, 0.5) is 5.69 Å². The van der Waals surface area contributed by atoms with E-state index in [0.717, 1.165) is 0 Å². The molecule has 4 heterocycles. The lowest BCUT2D eigenvalue weighted by Gasteiger charge is -2.38. The number of fused-ring (bicyclic) bond motifs is 1. The van der Waals surface area contributed by atoms with Gasteiger partial charge in [-0.05, 0) is 44.5 Å². The Kier molecular flexibility index (Phi) is 8.52. The quantitative estimate of drug-likeness (QED) is 0.294. The first-order chi connectivity index (χ1) is 19.1. The van der Waals surface area contributed by atoms with Crippen LogP contribution >= 0.6 is 0 Å². The SMILES string of the molecule is CNS(=O)(=O)c1cccc(OC[C@@H](O)CNC2COC3(CCN(S(=O)(=O)c4cnc5c(c4)NCCO5)CC3)C2)c1. The normalized spacial score (nSPS) is 21.8. The number of anilines is 1. The molecule has 3 aliphatic heterocycles. The molecular weight excluding hydrogens is 562 g/mol. The van der Waals surface area contributed by atoms with Crippen LogP contribution in [0.15, 0.2) is 46.3 Å². The van der Waals surface area contributed by atoms with Crippen LogP contribution in [0.2, 0.25) is 0 Å². The summed E-state index contributed by atoms with van der Waals surface area (Å²) in [5.41, 5.74) is 0.171. The Morgan fingerprint density at radius 3 is 2.80 bits per heavy atom. The molecule has 1 aromatic heterocycles. The lowest BCUT2D eigenvalue weighted by Crippen LogP contribution is -2.47. The van der Waals surface area contributed by atoms with Crippen LogP contribution in [-0.2, 0) is 24.8 Å². The maximum atomic E-state index is 13.3. The van der Waals surface area contributed by atoms with Crippen molar-refractivity contribution >= 4 is 25.7 Å². The van der Waals surface area contributed by atoms with Crippen LogP contribution in [0.5, 0.6) is 11.6 Å². The Morgan fingerprint density at radius 1 is 1.23 bits per heavy atom. The third-order valence-corrected chi connectivity index (χ3v) is 10.7. The zero-order valence-electron chi connectivity index (χ0n) is 22.2. The summed E-state index contributed by atoms with van der Waals surface area (Å²) >= 11 is 0. The van der Waals surface area contributed by atoms with E-state index in [4.69, 9.17) is 14.2 Å². The number of rotatable bonds is 10. The summed E-state index contributed by atoms with van der Waals surface area (Å²) in [5, 5.41) is 16.8. The summed E-state index contributed by atoms with van der Waals surface area (Å²) in [6.45, 7) is 2.48. The molecule has 1 unspecified atom stereocenters. The van der Waals surface area contributed by atoms with Crippen LogP contribution in [0.25, 0.3) is 0 Å². The lowest BCUT2D eigenvalue weighted by molar-refractivity contribution is -0.0312. The smallest absolute Gasteiger partial charge is 0.244 e. The monoisotopic (exact) mass is 597 g/mol. The first-order valence-corrected chi connectivity index (χ1v) is 16.1. The van der Waals surface area contributed by atoms with Crippen molar-refractivity contribution in [2.45, 2.75) is 46.8 Å². The minimum Gasteiger partial charge on any atom is -0.491 e. The third kappa shape index (κ3) is 6.35. The third-order valence-electron chi connectivity index (χ3n) is 7.43. The summed E-state index contributed by atoms with van der Waals surface area (Å²) in [7, 11) is -5.95. The molecule has 0 amide bonds. The van der Waals surface area contributed by atoms with Crippen LogP contribution in [-0.4, -0.2) is 102 Å². The van der Waals surface area contributed by atoms with Crippen molar-refractivity contribution in [3.05, 3.63) is 36.5 Å². The lowest BCUT2D eigenvalue weighted by atomic mass is 9.88. The molecule has 13 nitrogen and oxygen atoms in total. The molecule has 1 spiro atoms. The van der Waals surface area contributed by atoms with Crippen molar-refractivity contribution in [2.75, 3.05) is 58.4 Å². The minimum atomic E-state index is -3.70. The van der Waals surface area contributed by atoms with E-state index in [1.54, 1.807) is 18.2 Å². The maximum Gasteiger partial charge on any atom is 0.244 e. The largest absolute Gasteiger partial charge is 0.491 e. The highest BCUT2D eigenvalue weighted by Gasteiger charge is 2.45. The Balaban J connectivity index is 1.08. The number of sulfonamides is 2. The molecular formula is C25H35N5O8S2. The summed E-state index contributed by atoms with van der Waals surface area (Å²) in [4.78, 5) is 4.38. The summed E-state index contributed by atoms with van der Waals surface area (Å²) in [5.74, 6) is 0.752. The molecule has 5 rings (SSSR count). The second-order valence-electron chi connectivity index (χ2n) is 10.2. The van der Waals surface area contributed by atoms with Gasteiger partial charge in [-0.25, -0.2) is 26.5 Å². The molecule has 0 saturated carbocycles. The van der Waals surface area contributed by atoms with E-state index < -0.39 is 31.8 Å². The molecule has 2 atom stereocenters. The number of piperidine rings is 1. The summed E-state index contributed by atoms with van der Waals surface area (Å²) in [6, 6.07) is 7.65. The molecule has 15 heteroatoms. The van der Waals surface area contributed by atoms with Crippen LogP contribution in [0, 0.1) is 0 Å². The highest BCUT2D eigenvalue weighted by Crippen LogP contribution is 2.38. The fraction of sp³-hybridized carbons (Fsp3) is 0.560. The van der Waals surface area contributed by atoms with Gasteiger partial charge in [0.1, 0.15) is 30.0 Å². The average Bonchev–Trinajstić information content (AvgIpc) is 3.37. The highest BCUT2D eigenvalue weighted by atomic mass is 32.2. The topological polar surface area (TPSA) is 168 Å². The van der Waals surface area contributed by atoms with Crippen molar-refractivity contribution in [3.8, 4) is 11.6 Å². The predicted molar refractivity (Wildman–Crippen MR) is 145 cm³/mol. The van der Waals surface area contributed by atoms with E-state index in [2.05, 4.69) is 20.3 Å². The molecule has 0 aliphatic carbocycles. The Bertz CT molecular complexity index is 1410. The first-order valence-electron chi connectivity index (χ1n) is 13.2. The van der Waals surface area contributed by atoms with Gasteiger partial charge in [0.05, 0.1) is 29.0 Å². The number of benzene rings is 1. The Hall–Kier alpha value is -2.53. The number of aromatic nitrogens is 1. The number of hydrogen-bond donors (Lipinski definition) is 4. The fourth-order valence-corrected chi connectivity index (χ4v) is 7.34. The fourth-order valence-electron chi connectivity index (χ4n) is 5.16. The van der Waals surface area contributed by atoms with Gasteiger partial charge in [0.25, 0.3) is 0 Å². The molecule has 0 bridgehead atoms. The van der Waals surface area contributed by atoms with Crippen LogP contribution < -0.4 is 24.8 Å². The van der Waals surface area contributed by atoms with E-state index in [9.17, 15) is 21.9 Å². The predicted octanol–water partition coefficient (Wildman–Crippen LogP) is 0.136. The number of hydrogen-bond acceptors (Lipinski definition) is 11. The zero-order chi connectivity index (χ0) is 28.4. The molecule has 0 radical (unpaired) electrons.